The van der Waals surface area contributed by atoms with E-state index in [1.807, 2.05) is 30.3 Å². The molecule has 0 saturated carbocycles. The van der Waals surface area contributed by atoms with E-state index in [4.69, 9.17) is 9.47 Å². The Kier molecular flexibility index (Phi) is 6.16. The van der Waals surface area contributed by atoms with Crippen molar-refractivity contribution in [3.63, 3.8) is 0 Å². The van der Waals surface area contributed by atoms with Crippen LogP contribution in [0.2, 0.25) is 0 Å². The zero-order valence-electron chi connectivity index (χ0n) is 16.0. The lowest BCUT2D eigenvalue weighted by molar-refractivity contribution is -0.133. The van der Waals surface area contributed by atoms with E-state index < -0.39 is 5.97 Å². The van der Waals surface area contributed by atoms with Gasteiger partial charge in [0.2, 0.25) is 0 Å². The molecule has 0 saturated heterocycles. The second-order valence-corrected chi connectivity index (χ2v) is 8.22. The number of methoxy groups -OCH3 is 1. The van der Waals surface area contributed by atoms with Crippen LogP contribution in [-0.2, 0) is 28.9 Å². The third-order valence-electron chi connectivity index (χ3n) is 4.84. The highest BCUT2D eigenvalue weighted by Crippen LogP contribution is 2.32. The molecule has 0 bridgehead atoms. The number of aryl methyl sites for hydroxylation is 1. The normalized spacial score (nSPS) is 15.7. The molecule has 0 N–H and O–H groups in total. The number of likely N-dealkylation sites (N-methyl/N-ethyl adjacent to an activating group) is 1. The molecular formula is C21H25NO4S. The monoisotopic (exact) mass is 387 g/mol. The molecule has 0 unspecified atom stereocenters. The highest BCUT2D eigenvalue weighted by atomic mass is 32.1. The van der Waals surface area contributed by atoms with E-state index in [1.54, 1.807) is 19.1 Å². The number of benzene rings is 1. The van der Waals surface area contributed by atoms with Crippen molar-refractivity contribution in [3.8, 4) is 5.75 Å². The number of hydrogen-bond acceptors (Lipinski definition) is 5. The first-order chi connectivity index (χ1) is 13.0. The Balaban J connectivity index is 1.53. The van der Waals surface area contributed by atoms with Gasteiger partial charge >= 0.3 is 5.97 Å². The van der Waals surface area contributed by atoms with E-state index in [0.717, 1.165) is 30.6 Å². The minimum atomic E-state index is -0.412. The summed E-state index contributed by atoms with van der Waals surface area (Å²) >= 11 is 1.50. The standard InChI is InChI=1S/C21H25NO4S/c1-14-7-8-18-16(9-14)11-19(27-18)21(24)26-13-20(23)22(2)12-15-5-4-6-17(10-15)25-3/h4-6,10-11,14H,7-9,12-13H2,1-3H3/t14-/m1/s1. The summed E-state index contributed by atoms with van der Waals surface area (Å²) < 4.78 is 10.4. The number of esters is 1. The molecular weight excluding hydrogens is 362 g/mol. The van der Waals surface area contributed by atoms with Gasteiger partial charge in [-0.15, -0.1) is 11.3 Å². The molecule has 1 aromatic carbocycles. The number of rotatable bonds is 6. The van der Waals surface area contributed by atoms with Gasteiger partial charge < -0.3 is 14.4 Å². The van der Waals surface area contributed by atoms with E-state index in [2.05, 4.69) is 6.92 Å². The SMILES string of the molecule is COc1cccc(CN(C)C(=O)COC(=O)c2cc3c(s2)CC[C@@H](C)C3)c1. The van der Waals surface area contributed by atoms with Crippen molar-refractivity contribution in [1.29, 1.82) is 0 Å². The van der Waals surface area contributed by atoms with Gasteiger partial charge in [-0.05, 0) is 54.5 Å². The molecule has 1 aliphatic rings. The van der Waals surface area contributed by atoms with Crippen molar-refractivity contribution >= 4 is 23.2 Å². The third-order valence-corrected chi connectivity index (χ3v) is 6.05. The topological polar surface area (TPSA) is 55.8 Å². The largest absolute Gasteiger partial charge is 0.497 e. The van der Waals surface area contributed by atoms with Crippen LogP contribution in [0.25, 0.3) is 0 Å². The fourth-order valence-corrected chi connectivity index (χ4v) is 4.35. The molecule has 1 aromatic heterocycles. The van der Waals surface area contributed by atoms with E-state index in [1.165, 1.54) is 21.8 Å². The molecule has 2 aromatic rings. The van der Waals surface area contributed by atoms with Crippen LogP contribution in [0.1, 0.15) is 39.0 Å². The minimum absolute atomic E-state index is 0.235. The first-order valence-electron chi connectivity index (χ1n) is 9.12. The fraction of sp³-hybridized carbons (Fsp3) is 0.429. The summed E-state index contributed by atoms with van der Waals surface area (Å²) in [5.74, 6) is 0.755. The number of carbonyl (C=O) groups is 2. The van der Waals surface area contributed by atoms with Crippen molar-refractivity contribution in [3.05, 3.63) is 51.2 Å². The summed E-state index contributed by atoms with van der Waals surface area (Å²) in [6.07, 6.45) is 3.20. The average molecular weight is 388 g/mol. The van der Waals surface area contributed by atoms with Gasteiger partial charge in [0, 0.05) is 18.5 Å². The molecule has 5 nitrogen and oxygen atoms in total. The summed E-state index contributed by atoms with van der Waals surface area (Å²) in [5, 5.41) is 0. The van der Waals surface area contributed by atoms with Crippen LogP contribution in [0.4, 0.5) is 0 Å². The lowest BCUT2D eigenvalue weighted by atomic mass is 9.90. The molecule has 0 spiro atoms. The summed E-state index contributed by atoms with van der Waals surface area (Å²) in [5.41, 5.74) is 2.21. The van der Waals surface area contributed by atoms with Gasteiger partial charge in [-0.1, -0.05) is 19.1 Å². The zero-order valence-corrected chi connectivity index (χ0v) is 16.8. The van der Waals surface area contributed by atoms with Crippen molar-refractivity contribution < 1.29 is 19.1 Å². The number of fused-ring (bicyclic) bond motifs is 1. The Morgan fingerprint density at radius 1 is 1.30 bits per heavy atom. The van der Waals surface area contributed by atoms with Crippen LogP contribution in [0.3, 0.4) is 0 Å². The number of thiophene rings is 1. The highest BCUT2D eigenvalue weighted by molar-refractivity contribution is 7.14. The molecule has 6 heteroatoms. The van der Waals surface area contributed by atoms with E-state index in [9.17, 15) is 9.59 Å². The van der Waals surface area contributed by atoms with Gasteiger partial charge in [0.15, 0.2) is 6.61 Å². The quantitative estimate of drug-likeness (QED) is 0.709. The van der Waals surface area contributed by atoms with Crippen molar-refractivity contribution in [2.24, 2.45) is 5.92 Å². The van der Waals surface area contributed by atoms with Crippen molar-refractivity contribution in [2.75, 3.05) is 20.8 Å². The lowest BCUT2D eigenvalue weighted by Crippen LogP contribution is -2.30. The summed E-state index contributed by atoms with van der Waals surface area (Å²) in [6.45, 7) is 2.41. The fourth-order valence-electron chi connectivity index (χ4n) is 3.25. The third kappa shape index (κ3) is 4.89. The van der Waals surface area contributed by atoms with Gasteiger partial charge in [-0.2, -0.15) is 0 Å². The molecule has 0 fully saturated rings. The Hall–Kier alpha value is -2.34. The number of amides is 1. The summed E-state index contributed by atoms with van der Waals surface area (Å²) in [4.78, 5) is 28.0. The zero-order chi connectivity index (χ0) is 19.4. The maximum absolute atomic E-state index is 12.3. The van der Waals surface area contributed by atoms with Crippen LogP contribution >= 0.6 is 11.3 Å². The van der Waals surface area contributed by atoms with Gasteiger partial charge in [0.05, 0.1) is 7.11 Å². The van der Waals surface area contributed by atoms with Gasteiger partial charge in [-0.3, -0.25) is 4.79 Å². The molecule has 27 heavy (non-hydrogen) atoms. The summed E-state index contributed by atoms with van der Waals surface area (Å²) in [7, 11) is 3.30. The molecule has 0 radical (unpaired) electrons. The van der Waals surface area contributed by atoms with E-state index in [-0.39, 0.29) is 12.5 Å². The Morgan fingerprint density at radius 2 is 2.11 bits per heavy atom. The van der Waals surface area contributed by atoms with Crippen LogP contribution in [-0.4, -0.2) is 37.5 Å². The number of carbonyl (C=O) groups excluding carboxylic acids is 2. The highest BCUT2D eigenvalue weighted by Gasteiger charge is 2.22. The van der Waals surface area contributed by atoms with Crippen LogP contribution < -0.4 is 4.74 Å². The smallest absolute Gasteiger partial charge is 0.348 e. The molecule has 1 atom stereocenters. The lowest BCUT2D eigenvalue weighted by Gasteiger charge is -2.17. The first kappa shape index (κ1) is 19.4. The average Bonchev–Trinajstić information content (AvgIpc) is 3.09. The maximum atomic E-state index is 12.3. The van der Waals surface area contributed by atoms with E-state index >= 15 is 0 Å². The molecule has 1 aliphatic carbocycles. The Bertz CT molecular complexity index is 829. The second kappa shape index (κ2) is 8.57. The Labute approximate surface area is 163 Å². The number of nitrogens with zero attached hydrogens (tertiary/aromatic N) is 1. The van der Waals surface area contributed by atoms with E-state index in [0.29, 0.717) is 17.3 Å². The van der Waals surface area contributed by atoms with Gasteiger partial charge in [0.25, 0.3) is 5.91 Å². The maximum Gasteiger partial charge on any atom is 0.348 e. The van der Waals surface area contributed by atoms with Gasteiger partial charge in [-0.25, -0.2) is 4.79 Å². The number of hydrogen-bond donors (Lipinski definition) is 0. The predicted octanol–water partition coefficient (Wildman–Crippen LogP) is 3.70. The van der Waals surface area contributed by atoms with Crippen LogP contribution in [0.5, 0.6) is 5.75 Å². The molecule has 144 valence electrons. The van der Waals surface area contributed by atoms with Crippen LogP contribution in [0.15, 0.2) is 30.3 Å². The van der Waals surface area contributed by atoms with Crippen molar-refractivity contribution in [2.45, 2.75) is 32.7 Å². The molecule has 1 amide bonds. The Morgan fingerprint density at radius 3 is 2.89 bits per heavy atom. The first-order valence-corrected chi connectivity index (χ1v) is 9.93. The minimum Gasteiger partial charge on any atom is -0.497 e. The summed E-state index contributed by atoms with van der Waals surface area (Å²) in [6, 6.07) is 9.48. The van der Waals surface area contributed by atoms with Crippen molar-refractivity contribution in [1.82, 2.24) is 4.90 Å². The molecule has 1 heterocycles. The molecule has 3 rings (SSSR count). The second-order valence-electron chi connectivity index (χ2n) is 7.08. The number of ether oxygens (including phenoxy) is 2. The molecule has 0 aliphatic heterocycles. The predicted molar refractivity (Wildman–Crippen MR) is 105 cm³/mol. The van der Waals surface area contributed by atoms with Gasteiger partial charge in [0.1, 0.15) is 10.6 Å². The van der Waals surface area contributed by atoms with Crippen LogP contribution in [0, 0.1) is 5.92 Å².